The van der Waals surface area contributed by atoms with Crippen LogP contribution in [0.5, 0.6) is 5.75 Å². The summed E-state index contributed by atoms with van der Waals surface area (Å²) in [5, 5.41) is 10.1. The van der Waals surface area contributed by atoms with Gasteiger partial charge in [0, 0.05) is 30.6 Å². The second-order valence-electron chi connectivity index (χ2n) is 6.21. The van der Waals surface area contributed by atoms with E-state index in [-0.39, 0.29) is 18.3 Å². The van der Waals surface area contributed by atoms with Crippen molar-refractivity contribution in [2.45, 2.75) is 37.8 Å². The minimum Gasteiger partial charge on any atom is -0.490 e. The second kappa shape index (κ2) is 8.87. The zero-order chi connectivity index (χ0) is 16.9. The van der Waals surface area contributed by atoms with E-state index in [1.165, 1.54) is 12.8 Å². The molecular weight excluding hydrogens is 340 g/mol. The van der Waals surface area contributed by atoms with Crippen molar-refractivity contribution in [3.8, 4) is 5.75 Å². The predicted molar refractivity (Wildman–Crippen MR) is 100 cm³/mol. The quantitative estimate of drug-likeness (QED) is 0.826. The zero-order valence-corrected chi connectivity index (χ0v) is 15.4. The number of benzene rings is 1. The molecule has 1 aromatic heterocycles. The summed E-state index contributed by atoms with van der Waals surface area (Å²) in [6, 6.07) is 7.14. The van der Waals surface area contributed by atoms with E-state index < -0.39 is 6.04 Å². The molecule has 1 aromatic carbocycles. The van der Waals surface area contributed by atoms with Gasteiger partial charge >= 0.3 is 0 Å². The van der Waals surface area contributed by atoms with Crippen molar-refractivity contribution in [3.05, 3.63) is 42.2 Å². The topological polar surface area (TPSA) is 68.2 Å². The first-order valence-corrected chi connectivity index (χ1v) is 8.39. The maximum atomic E-state index is 12.6. The number of nitrogens with one attached hydrogen (secondary N) is 2. The van der Waals surface area contributed by atoms with E-state index in [9.17, 15) is 4.79 Å². The Hall–Kier alpha value is -2.05. The lowest BCUT2D eigenvalue weighted by Gasteiger charge is -2.16. The van der Waals surface area contributed by atoms with E-state index in [1.807, 2.05) is 37.5 Å². The highest BCUT2D eigenvalue weighted by Crippen LogP contribution is 2.26. The summed E-state index contributed by atoms with van der Waals surface area (Å²) >= 11 is 0. The number of ether oxygens (including phenoxy) is 1. The Bertz CT molecular complexity index is 698. The standard InChI is InChI=1S/C18H24N4O2.ClH/c1-19-17(13-11-20-22(2)12-13)18(23)21-14-6-5-9-16(10-14)24-15-7-3-4-8-15;/h5-6,9-12,15,17,19H,3-4,7-8H2,1-2H3,(H,21,23);1H. The van der Waals surface area contributed by atoms with Gasteiger partial charge in [0.15, 0.2) is 0 Å². The molecule has 0 saturated heterocycles. The van der Waals surface area contributed by atoms with Crippen LogP contribution in [-0.4, -0.2) is 28.8 Å². The molecule has 1 atom stereocenters. The molecule has 1 saturated carbocycles. The third-order valence-corrected chi connectivity index (χ3v) is 4.32. The summed E-state index contributed by atoms with van der Waals surface area (Å²) < 4.78 is 7.68. The van der Waals surface area contributed by atoms with Crippen LogP contribution in [-0.2, 0) is 11.8 Å². The number of nitrogens with zero attached hydrogens (tertiary/aromatic N) is 2. The fourth-order valence-corrected chi connectivity index (χ4v) is 3.10. The molecule has 0 aliphatic heterocycles. The maximum Gasteiger partial charge on any atom is 0.246 e. The Morgan fingerprint density at radius 3 is 2.76 bits per heavy atom. The van der Waals surface area contributed by atoms with Crippen LogP contribution in [0.1, 0.15) is 37.3 Å². The number of carbonyl (C=O) groups is 1. The zero-order valence-electron chi connectivity index (χ0n) is 14.6. The molecule has 1 aliphatic rings. The average Bonchev–Trinajstić information content (AvgIpc) is 3.20. The Morgan fingerprint density at radius 1 is 1.36 bits per heavy atom. The third-order valence-electron chi connectivity index (χ3n) is 4.32. The lowest BCUT2D eigenvalue weighted by molar-refractivity contribution is -0.118. The number of likely N-dealkylation sites (N-methyl/N-ethyl adjacent to an activating group) is 1. The molecule has 6 nitrogen and oxygen atoms in total. The number of halogens is 1. The smallest absolute Gasteiger partial charge is 0.246 e. The SMILES string of the molecule is CNC(C(=O)Nc1cccc(OC2CCCC2)c1)c1cnn(C)c1.Cl. The predicted octanol–water partition coefficient (Wildman–Crippen LogP) is 3.06. The molecule has 1 amide bonds. The van der Waals surface area contributed by atoms with Crippen LogP contribution < -0.4 is 15.4 Å². The molecule has 1 heterocycles. The highest BCUT2D eigenvalue weighted by Gasteiger charge is 2.21. The number of carbonyl (C=O) groups excluding carboxylic acids is 1. The van der Waals surface area contributed by atoms with Gasteiger partial charge in [-0.25, -0.2) is 0 Å². The molecule has 0 spiro atoms. The summed E-state index contributed by atoms with van der Waals surface area (Å²) in [4.78, 5) is 12.6. The van der Waals surface area contributed by atoms with Crippen LogP contribution in [0.25, 0.3) is 0 Å². The van der Waals surface area contributed by atoms with Gasteiger partial charge in [-0.3, -0.25) is 9.48 Å². The van der Waals surface area contributed by atoms with Crippen molar-refractivity contribution >= 4 is 24.0 Å². The number of rotatable bonds is 6. The first kappa shape index (κ1) is 19.3. The van der Waals surface area contributed by atoms with Crippen molar-refractivity contribution < 1.29 is 9.53 Å². The molecule has 0 bridgehead atoms. The average molecular weight is 365 g/mol. The number of anilines is 1. The molecule has 2 N–H and O–H groups in total. The third kappa shape index (κ3) is 4.96. The number of hydrogen-bond acceptors (Lipinski definition) is 4. The van der Waals surface area contributed by atoms with Crippen LogP contribution >= 0.6 is 12.4 Å². The molecule has 7 heteroatoms. The first-order valence-electron chi connectivity index (χ1n) is 8.39. The normalized spacial score (nSPS) is 15.4. The van der Waals surface area contributed by atoms with E-state index in [0.29, 0.717) is 6.10 Å². The minimum absolute atomic E-state index is 0. The molecule has 2 aromatic rings. The minimum atomic E-state index is -0.446. The van der Waals surface area contributed by atoms with Crippen molar-refractivity contribution in [3.63, 3.8) is 0 Å². The van der Waals surface area contributed by atoms with Crippen LogP contribution in [0.4, 0.5) is 5.69 Å². The van der Waals surface area contributed by atoms with Crippen LogP contribution in [0.2, 0.25) is 0 Å². The number of aryl methyl sites for hydroxylation is 1. The number of amides is 1. The van der Waals surface area contributed by atoms with E-state index >= 15 is 0 Å². The van der Waals surface area contributed by atoms with Gasteiger partial charge in [-0.2, -0.15) is 5.10 Å². The summed E-state index contributed by atoms with van der Waals surface area (Å²) in [5.41, 5.74) is 1.57. The van der Waals surface area contributed by atoms with E-state index in [1.54, 1.807) is 17.9 Å². The van der Waals surface area contributed by atoms with Gasteiger partial charge in [-0.1, -0.05) is 6.07 Å². The van der Waals surface area contributed by atoms with E-state index in [4.69, 9.17) is 4.74 Å². The molecule has 1 fully saturated rings. The van der Waals surface area contributed by atoms with Crippen molar-refractivity contribution in [2.75, 3.05) is 12.4 Å². The van der Waals surface area contributed by atoms with Gasteiger partial charge in [0.1, 0.15) is 11.8 Å². The number of aromatic nitrogens is 2. The van der Waals surface area contributed by atoms with Crippen LogP contribution in [0.3, 0.4) is 0 Å². The largest absolute Gasteiger partial charge is 0.490 e. The van der Waals surface area contributed by atoms with Gasteiger partial charge in [-0.05, 0) is 44.9 Å². The first-order chi connectivity index (χ1) is 11.7. The summed E-state index contributed by atoms with van der Waals surface area (Å²) in [6.45, 7) is 0. The molecule has 0 radical (unpaired) electrons. The summed E-state index contributed by atoms with van der Waals surface area (Å²) in [6.07, 6.45) is 8.52. The summed E-state index contributed by atoms with van der Waals surface area (Å²) in [5.74, 6) is 0.686. The fourth-order valence-electron chi connectivity index (χ4n) is 3.10. The molecular formula is C18H25ClN4O2. The lowest BCUT2D eigenvalue weighted by atomic mass is 10.1. The van der Waals surface area contributed by atoms with Crippen LogP contribution in [0, 0.1) is 0 Å². The van der Waals surface area contributed by atoms with Gasteiger partial charge in [0.05, 0.1) is 12.3 Å². The van der Waals surface area contributed by atoms with Crippen molar-refractivity contribution in [2.24, 2.45) is 7.05 Å². The van der Waals surface area contributed by atoms with Gasteiger partial charge < -0.3 is 15.4 Å². The highest BCUT2D eigenvalue weighted by molar-refractivity contribution is 5.95. The van der Waals surface area contributed by atoms with Gasteiger partial charge in [0.25, 0.3) is 0 Å². The second-order valence-corrected chi connectivity index (χ2v) is 6.21. The molecule has 1 aliphatic carbocycles. The molecule has 3 rings (SSSR count). The monoisotopic (exact) mass is 364 g/mol. The van der Waals surface area contributed by atoms with E-state index in [0.717, 1.165) is 29.8 Å². The van der Waals surface area contributed by atoms with E-state index in [2.05, 4.69) is 15.7 Å². The van der Waals surface area contributed by atoms with Crippen LogP contribution in [0.15, 0.2) is 36.7 Å². The molecule has 1 unspecified atom stereocenters. The highest BCUT2D eigenvalue weighted by atomic mass is 35.5. The Balaban J connectivity index is 0.00000225. The molecule has 25 heavy (non-hydrogen) atoms. The Morgan fingerprint density at radius 2 is 2.12 bits per heavy atom. The Kier molecular flexibility index (Phi) is 6.84. The number of hydrogen-bond donors (Lipinski definition) is 2. The lowest BCUT2D eigenvalue weighted by Crippen LogP contribution is -2.30. The van der Waals surface area contributed by atoms with Gasteiger partial charge in [0.2, 0.25) is 5.91 Å². The maximum absolute atomic E-state index is 12.6. The van der Waals surface area contributed by atoms with Gasteiger partial charge in [-0.15, -0.1) is 12.4 Å². The van der Waals surface area contributed by atoms with Crippen molar-refractivity contribution in [1.29, 1.82) is 0 Å². The molecule has 136 valence electrons. The fraction of sp³-hybridized carbons (Fsp3) is 0.444. The van der Waals surface area contributed by atoms with Crippen molar-refractivity contribution in [1.82, 2.24) is 15.1 Å². The Labute approximate surface area is 154 Å². The summed E-state index contributed by atoms with van der Waals surface area (Å²) in [7, 11) is 3.59.